The maximum absolute atomic E-state index is 12.6. The van der Waals surface area contributed by atoms with Gasteiger partial charge in [-0.2, -0.15) is 0 Å². The van der Waals surface area contributed by atoms with Crippen LogP contribution < -0.4 is 25.7 Å². The number of anilines is 1. The van der Waals surface area contributed by atoms with Crippen molar-refractivity contribution in [2.45, 2.75) is 26.3 Å². The third-order valence-corrected chi connectivity index (χ3v) is 6.87. The first kappa shape index (κ1) is 31.4. The van der Waals surface area contributed by atoms with Crippen LogP contribution in [0.1, 0.15) is 41.8 Å². The van der Waals surface area contributed by atoms with E-state index in [0.29, 0.717) is 39.8 Å². The molecule has 3 aromatic rings. The Kier molecular flexibility index (Phi) is 10.3. The molecule has 1 heterocycles. The van der Waals surface area contributed by atoms with Crippen molar-refractivity contribution in [3.63, 3.8) is 0 Å². The highest BCUT2D eigenvalue weighted by atomic mass is 35.5. The van der Waals surface area contributed by atoms with Crippen LogP contribution in [0.2, 0.25) is 5.02 Å². The molecule has 4 rings (SSSR count). The average molecular weight is 603 g/mol. The van der Waals surface area contributed by atoms with Gasteiger partial charge in [0, 0.05) is 28.3 Å². The van der Waals surface area contributed by atoms with E-state index in [0.717, 1.165) is 0 Å². The molecule has 0 bridgehead atoms. The quantitative estimate of drug-likeness (QED) is 0.0900. The monoisotopic (exact) mass is 602 g/mol. The molecule has 6 N–H and O–H groups in total. The Hall–Kier alpha value is -4.52. The lowest BCUT2D eigenvalue weighted by Crippen LogP contribution is -2.42. The van der Waals surface area contributed by atoms with E-state index in [2.05, 4.69) is 10.6 Å². The topological polar surface area (TPSA) is 171 Å². The van der Waals surface area contributed by atoms with Crippen molar-refractivity contribution < 1.29 is 24.4 Å². The molecule has 13 heteroatoms. The molecule has 1 aliphatic rings. The van der Waals surface area contributed by atoms with Crippen molar-refractivity contribution in [1.29, 1.82) is 10.8 Å². The van der Waals surface area contributed by atoms with E-state index in [9.17, 15) is 19.6 Å². The molecule has 1 aliphatic heterocycles. The van der Waals surface area contributed by atoms with E-state index in [1.165, 1.54) is 17.0 Å². The molecule has 0 aliphatic carbocycles. The number of halogens is 1. The lowest BCUT2D eigenvalue weighted by atomic mass is 9.79. The fraction of sp³-hybridized carbons (Fsp3) is 0.233. The highest BCUT2D eigenvalue weighted by molar-refractivity contribution is 6.58. The molecular weight excluding hydrogens is 571 g/mol. The summed E-state index contributed by atoms with van der Waals surface area (Å²) in [7, 11) is -1.68. The van der Waals surface area contributed by atoms with E-state index in [1.807, 2.05) is 6.92 Å². The van der Waals surface area contributed by atoms with Gasteiger partial charge >= 0.3 is 7.12 Å². The van der Waals surface area contributed by atoms with Crippen LogP contribution in [-0.2, 0) is 4.79 Å². The van der Waals surface area contributed by atoms with Gasteiger partial charge in [-0.15, -0.1) is 0 Å². The van der Waals surface area contributed by atoms with E-state index in [4.69, 9.17) is 32.1 Å². The Bertz CT molecular complexity index is 1560. The van der Waals surface area contributed by atoms with Crippen LogP contribution in [0.5, 0.6) is 5.75 Å². The van der Waals surface area contributed by atoms with Crippen LogP contribution in [-0.4, -0.2) is 72.1 Å². The van der Waals surface area contributed by atoms with Gasteiger partial charge in [0.1, 0.15) is 30.1 Å². The van der Waals surface area contributed by atoms with Crippen LogP contribution >= 0.6 is 11.6 Å². The Morgan fingerprint density at radius 1 is 1.09 bits per heavy atom. The standard InChI is InChI=1S/C30H32BClN6O5/c1-3-35-27(39)17-25-29(34)38(18(2)33)26-12-11-23(16-24(26)28(37-25)19-7-9-22(32)10-8-19)43-14-13-36-30(40)20-5-4-6-21(15-20)31(41)42/h4-12,15-16,25,33-34,41-42H,3,13-14,17H2,1-2H3,(H,35,39)(H,36,40)/t25-/m0/s1. The number of fused-ring (bicyclic) bond motifs is 1. The highest BCUT2D eigenvalue weighted by Crippen LogP contribution is 2.33. The molecular formula is C30H32BClN6O5. The summed E-state index contributed by atoms with van der Waals surface area (Å²) < 4.78 is 5.95. The second-order valence-electron chi connectivity index (χ2n) is 9.75. The van der Waals surface area contributed by atoms with Crippen molar-refractivity contribution in [2.75, 3.05) is 24.6 Å². The summed E-state index contributed by atoms with van der Waals surface area (Å²) in [6.45, 7) is 4.13. The predicted molar refractivity (Wildman–Crippen MR) is 168 cm³/mol. The van der Waals surface area contributed by atoms with Gasteiger partial charge in [0.2, 0.25) is 5.91 Å². The van der Waals surface area contributed by atoms with Gasteiger partial charge in [0.15, 0.2) is 0 Å². The van der Waals surface area contributed by atoms with Gasteiger partial charge < -0.3 is 25.4 Å². The van der Waals surface area contributed by atoms with Crippen LogP contribution in [0.3, 0.4) is 0 Å². The molecule has 0 saturated carbocycles. The summed E-state index contributed by atoms with van der Waals surface area (Å²) >= 11 is 6.15. The van der Waals surface area contributed by atoms with Gasteiger partial charge in [-0.1, -0.05) is 35.9 Å². The third-order valence-electron chi connectivity index (χ3n) is 6.61. The zero-order valence-corrected chi connectivity index (χ0v) is 24.5. The maximum Gasteiger partial charge on any atom is 0.488 e. The number of aliphatic imine (C=N–C) groups is 1. The molecule has 1 atom stereocenters. The zero-order chi connectivity index (χ0) is 31.1. The molecule has 0 spiro atoms. The zero-order valence-electron chi connectivity index (χ0n) is 23.7. The first-order valence-electron chi connectivity index (χ1n) is 13.6. The minimum absolute atomic E-state index is 0.00173. The van der Waals surface area contributed by atoms with Crippen LogP contribution in [0.25, 0.3) is 0 Å². The smallest absolute Gasteiger partial charge is 0.488 e. The average Bonchev–Trinajstić information content (AvgIpc) is 3.09. The summed E-state index contributed by atoms with van der Waals surface area (Å²) in [5.74, 6) is -0.0855. The van der Waals surface area contributed by atoms with Crippen LogP contribution in [0.4, 0.5) is 5.69 Å². The molecule has 2 amide bonds. The number of benzodiazepines with no additional fused rings is 1. The number of carbonyl (C=O) groups excluding carboxylic acids is 2. The molecule has 0 saturated heterocycles. The molecule has 43 heavy (non-hydrogen) atoms. The Morgan fingerprint density at radius 3 is 2.51 bits per heavy atom. The van der Waals surface area contributed by atoms with Gasteiger partial charge in [-0.05, 0) is 61.8 Å². The first-order chi connectivity index (χ1) is 20.6. The number of amides is 2. The summed E-state index contributed by atoms with van der Waals surface area (Å²) in [5, 5.41) is 42.1. The van der Waals surface area contributed by atoms with Gasteiger partial charge in [-0.25, -0.2) is 0 Å². The van der Waals surface area contributed by atoms with E-state index >= 15 is 0 Å². The summed E-state index contributed by atoms with van der Waals surface area (Å²) in [5.41, 5.74) is 2.85. The number of hydrogen-bond acceptors (Lipinski definition) is 8. The SMILES string of the molecule is CCNC(=O)C[C@@H]1N=C(c2ccc(Cl)cc2)c2cc(OCCNC(=O)c3cccc(B(O)O)c3)ccc2N(C(C)=N)C1=N. The number of nitrogens with one attached hydrogen (secondary N) is 4. The Labute approximate surface area is 254 Å². The molecule has 3 aromatic carbocycles. The number of rotatable bonds is 10. The maximum atomic E-state index is 12.6. The van der Waals surface area contributed by atoms with Crippen molar-refractivity contribution in [3.8, 4) is 5.75 Å². The van der Waals surface area contributed by atoms with E-state index in [1.54, 1.807) is 61.5 Å². The molecule has 0 aromatic heterocycles. The fourth-order valence-corrected chi connectivity index (χ4v) is 4.74. The third kappa shape index (κ3) is 7.66. The van der Waals surface area contributed by atoms with E-state index < -0.39 is 13.2 Å². The van der Waals surface area contributed by atoms with Crippen molar-refractivity contribution >= 4 is 59.1 Å². The minimum atomic E-state index is -1.68. The molecule has 222 valence electrons. The molecule has 0 radical (unpaired) electrons. The number of amidine groups is 2. The van der Waals surface area contributed by atoms with Crippen LogP contribution in [0.15, 0.2) is 71.7 Å². The van der Waals surface area contributed by atoms with Crippen molar-refractivity contribution in [2.24, 2.45) is 4.99 Å². The number of carbonyl (C=O) groups is 2. The Balaban J connectivity index is 1.61. The number of ether oxygens (including phenoxy) is 1. The second-order valence-corrected chi connectivity index (χ2v) is 10.2. The normalized spacial score (nSPS) is 14.3. The second kappa shape index (κ2) is 14.1. The van der Waals surface area contributed by atoms with Gasteiger partial charge in [0.05, 0.1) is 24.4 Å². The van der Waals surface area contributed by atoms with E-state index in [-0.39, 0.29) is 54.1 Å². The van der Waals surface area contributed by atoms with Gasteiger partial charge in [0.25, 0.3) is 5.91 Å². The number of benzene rings is 3. The molecule has 0 unspecified atom stereocenters. The minimum Gasteiger partial charge on any atom is -0.492 e. The van der Waals surface area contributed by atoms with Gasteiger partial charge in [-0.3, -0.25) is 30.3 Å². The number of hydrogen-bond donors (Lipinski definition) is 6. The van der Waals surface area contributed by atoms with Crippen LogP contribution in [0, 0.1) is 10.8 Å². The Morgan fingerprint density at radius 2 is 1.84 bits per heavy atom. The van der Waals surface area contributed by atoms with Crippen molar-refractivity contribution in [1.82, 2.24) is 10.6 Å². The summed E-state index contributed by atoms with van der Waals surface area (Å²) in [6.07, 6.45) is -0.0647. The molecule has 11 nitrogen and oxygen atoms in total. The fourth-order valence-electron chi connectivity index (χ4n) is 4.62. The first-order valence-corrected chi connectivity index (χ1v) is 14.0. The van der Waals surface area contributed by atoms with Crippen molar-refractivity contribution in [3.05, 3.63) is 88.4 Å². The number of nitrogens with zero attached hydrogens (tertiary/aromatic N) is 2. The predicted octanol–water partition coefficient (Wildman–Crippen LogP) is 2.36. The molecule has 0 fully saturated rings. The lowest BCUT2D eigenvalue weighted by Gasteiger charge is -2.26. The largest absolute Gasteiger partial charge is 0.492 e. The highest BCUT2D eigenvalue weighted by Gasteiger charge is 2.32. The summed E-state index contributed by atoms with van der Waals surface area (Å²) in [6, 6.07) is 17.5. The summed E-state index contributed by atoms with van der Waals surface area (Å²) in [4.78, 5) is 31.4. The lowest BCUT2D eigenvalue weighted by molar-refractivity contribution is -0.121.